The van der Waals surface area contributed by atoms with E-state index in [4.69, 9.17) is 9.84 Å². The van der Waals surface area contributed by atoms with Crippen LogP contribution in [0.1, 0.15) is 15.4 Å². The molecule has 3 aromatic rings. The summed E-state index contributed by atoms with van der Waals surface area (Å²) in [5.41, 5.74) is 2.15. The van der Waals surface area contributed by atoms with Crippen LogP contribution in [-0.4, -0.2) is 16.1 Å². The van der Waals surface area contributed by atoms with E-state index in [2.05, 4.69) is 20.9 Å². The number of rotatable bonds is 5. The van der Waals surface area contributed by atoms with E-state index >= 15 is 0 Å². The summed E-state index contributed by atoms with van der Waals surface area (Å²) in [7, 11) is 0. The van der Waals surface area contributed by atoms with Gasteiger partial charge in [0.25, 0.3) is 0 Å². The molecule has 0 aliphatic rings. The second-order valence-electron chi connectivity index (χ2n) is 4.76. The Morgan fingerprint density at radius 1 is 1.22 bits per heavy atom. The van der Waals surface area contributed by atoms with Crippen molar-refractivity contribution in [2.24, 2.45) is 0 Å². The SMILES string of the molecule is O=C(O)c1cccc(OCc2nc(-c3ccc(Br)cc3)cs2)c1. The lowest BCUT2D eigenvalue weighted by Gasteiger charge is -2.04. The molecule has 23 heavy (non-hydrogen) atoms. The number of ether oxygens (including phenoxy) is 1. The highest BCUT2D eigenvalue weighted by atomic mass is 79.9. The molecule has 0 amide bonds. The zero-order valence-electron chi connectivity index (χ0n) is 11.9. The molecule has 0 radical (unpaired) electrons. The lowest BCUT2D eigenvalue weighted by Crippen LogP contribution is -1.99. The van der Waals surface area contributed by atoms with Gasteiger partial charge in [0.1, 0.15) is 17.4 Å². The van der Waals surface area contributed by atoms with Crippen molar-refractivity contribution in [3.8, 4) is 17.0 Å². The molecule has 0 unspecified atom stereocenters. The van der Waals surface area contributed by atoms with Gasteiger partial charge in [-0.05, 0) is 30.3 Å². The maximum absolute atomic E-state index is 10.9. The van der Waals surface area contributed by atoms with Crippen molar-refractivity contribution in [1.29, 1.82) is 0 Å². The Morgan fingerprint density at radius 3 is 2.74 bits per heavy atom. The van der Waals surface area contributed by atoms with Crippen molar-refractivity contribution in [3.63, 3.8) is 0 Å². The number of aromatic carboxylic acids is 1. The highest BCUT2D eigenvalue weighted by Gasteiger charge is 2.07. The van der Waals surface area contributed by atoms with E-state index in [1.807, 2.05) is 29.6 Å². The standard InChI is InChI=1S/C17H12BrNO3S/c18-13-6-4-11(5-7-13)15-10-23-16(19-15)9-22-14-3-1-2-12(8-14)17(20)21/h1-8,10H,9H2,(H,20,21). The Bertz CT molecular complexity index is 830. The monoisotopic (exact) mass is 389 g/mol. The molecule has 0 aliphatic carbocycles. The number of thiazole rings is 1. The lowest BCUT2D eigenvalue weighted by atomic mass is 10.2. The Kier molecular flexibility index (Phi) is 4.73. The van der Waals surface area contributed by atoms with Crippen LogP contribution in [0.2, 0.25) is 0 Å². The second kappa shape index (κ2) is 6.93. The van der Waals surface area contributed by atoms with Gasteiger partial charge in [-0.3, -0.25) is 0 Å². The van der Waals surface area contributed by atoms with E-state index in [-0.39, 0.29) is 5.56 Å². The molecular formula is C17H12BrNO3S. The molecule has 116 valence electrons. The first kappa shape index (κ1) is 15.7. The Hall–Kier alpha value is -2.18. The van der Waals surface area contributed by atoms with Gasteiger partial charge in [0.2, 0.25) is 0 Å². The van der Waals surface area contributed by atoms with Crippen LogP contribution in [-0.2, 0) is 6.61 Å². The van der Waals surface area contributed by atoms with E-state index < -0.39 is 5.97 Å². The third-order valence-corrected chi connectivity index (χ3v) is 4.49. The maximum atomic E-state index is 10.9. The first-order chi connectivity index (χ1) is 11.1. The Morgan fingerprint density at radius 2 is 2.00 bits per heavy atom. The third kappa shape index (κ3) is 3.97. The molecule has 1 aromatic heterocycles. The van der Waals surface area contributed by atoms with Crippen molar-refractivity contribution in [2.45, 2.75) is 6.61 Å². The Labute approximate surface area is 145 Å². The fourth-order valence-corrected chi connectivity index (χ4v) is 2.97. The summed E-state index contributed by atoms with van der Waals surface area (Å²) in [6.45, 7) is 0.310. The molecule has 0 saturated heterocycles. The molecule has 2 aromatic carbocycles. The van der Waals surface area contributed by atoms with Crippen molar-refractivity contribution >= 4 is 33.2 Å². The average Bonchev–Trinajstić information content (AvgIpc) is 3.03. The third-order valence-electron chi connectivity index (χ3n) is 3.14. The minimum Gasteiger partial charge on any atom is -0.486 e. The molecule has 3 rings (SSSR count). The van der Waals surface area contributed by atoms with Gasteiger partial charge in [0.15, 0.2) is 0 Å². The van der Waals surface area contributed by atoms with Gasteiger partial charge in [-0.1, -0.05) is 34.1 Å². The van der Waals surface area contributed by atoms with Crippen LogP contribution in [0.4, 0.5) is 0 Å². The zero-order chi connectivity index (χ0) is 16.2. The first-order valence-corrected chi connectivity index (χ1v) is 8.45. The lowest BCUT2D eigenvalue weighted by molar-refractivity contribution is 0.0696. The van der Waals surface area contributed by atoms with Crippen LogP contribution in [0.3, 0.4) is 0 Å². The smallest absolute Gasteiger partial charge is 0.335 e. The fraction of sp³-hybridized carbons (Fsp3) is 0.0588. The van der Waals surface area contributed by atoms with E-state index in [0.29, 0.717) is 12.4 Å². The van der Waals surface area contributed by atoms with Crippen molar-refractivity contribution in [1.82, 2.24) is 4.98 Å². The second-order valence-corrected chi connectivity index (χ2v) is 6.61. The molecule has 0 spiro atoms. The van der Waals surface area contributed by atoms with Crippen LogP contribution in [0.5, 0.6) is 5.75 Å². The molecular weight excluding hydrogens is 378 g/mol. The van der Waals surface area contributed by atoms with Crippen LogP contribution < -0.4 is 4.74 Å². The number of benzene rings is 2. The molecule has 4 nitrogen and oxygen atoms in total. The molecule has 6 heteroatoms. The molecule has 0 bridgehead atoms. The number of carboxylic acids is 1. The van der Waals surface area contributed by atoms with Gasteiger partial charge in [0.05, 0.1) is 11.3 Å². The summed E-state index contributed by atoms with van der Waals surface area (Å²) in [5.74, 6) is -0.451. The van der Waals surface area contributed by atoms with Crippen LogP contribution >= 0.6 is 27.3 Å². The van der Waals surface area contributed by atoms with E-state index in [1.54, 1.807) is 12.1 Å². The number of halogens is 1. The van der Waals surface area contributed by atoms with Gasteiger partial charge in [0, 0.05) is 15.4 Å². The maximum Gasteiger partial charge on any atom is 0.335 e. The van der Waals surface area contributed by atoms with Crippen molar-refractivity contribution < 1.29 is 14.6 Å². The van der Waals surface area contributed by atoms with Crippen molar-refractivity contribution in [2.75, 3.05) is 0 Å². The normalized spacial score (nSPS) is 10.5. The highest BCUT2D eigenvalue weighted by molar-refractivity contribution is 9.10. The van der Waals surface area contributed by atoms with Gasteiger partial charge in [-0.25, -0.2) is 9.78 Å². The van der Waals surface area contributed by atoms with E-state index in [9.17, 15) is 4.79 Å². The Balaban J connectivity index is 1.69. The number of aromatic nitrogens is 1. The number of carboxylic acid groups (broad SMARTS) is 1. The summed E-state index contributed by atoms with van der Waals surface area (Å²) in [6.07, 6.45) is 0. The number of carbonyl (C=O) groups is 1. The first-order valence-electron chi connectivity index (χ1n) is 6.78. The quantitative estimate of drug-likeness (QED) is 0.677. The molecule has 0 saturated carbocycles. The molecule has 0 fully saturated rings. The average molecular weight is 390 g/mol. The van der Waals surface area contributed by atoms with E-state index in [1.165, 1.54) is 23.5 Å². The summed E-state index contributed by atoms with van der Waals surface area (Å²) in [4.78, 5) is 15.5. The summed E-state index contributed by atoms with van der Waals surface area (Å²) in [6, 6.07) is 14.4. The largest absolute Gasteiger partial charge is 0.486 e. The van der Waals surface area contributed by atoms with Crippen molar-refractivity contribution in [3.05, 3.63) is 69.0 Å². The zero-order valence-corrected chi connectivity index (χ0v) is 14.3. The van der Waals surface area contributed by atoms with Crippen LogP contribution in [0, 0.1) is 0 Å². The molecule has 0 aliphatic heterocycles. The topological polar surface area (TPSA) is 59.4 Å². The van der Waals surface area contributed by atoms with Gasteiger partial charge < -0.3 is 9.84 Å². The predicted molar refractivity (Wildman–Crippen MR) is 93.0 cm³/mol. The van der Waals surface area contributed by atoms with E-state index in [0.717, 1.165) is 20.7 Å². The minimum atomic E-state index is -0.970. The summed E-state index contributed by atoms with van der Waals surface area (Å²) < 4.78 is 6.65. The number of hydrogen-bond acceptors (Lipinski definition) is 4. The molecule has 0 atom stereocenters. The van der Waals surface area contributed by atoms with Gasteiger partial charge in [-0.2, -0.15) is 0 Å². The summed E-state index contributed by atoms with van der Waals surface area (Å²) in [5, 5.41) is 11.8. The van der Waals surface area contributed by atoms with Crippen LogP contribution in [0.15, 0.2) is 58.4 Å². The van der Waals surface area contributed by atoms with Gasteiger partial charge >= 0.3 is 5.97 Å². The fourth-order valence-electron chi connectivity index (χ4n) is 1.99. The number of hydrogen-bond donors (Lipinski definition) is 1. The minimum absolute atomic E-state index is 0.206. The van der Waals surface area contributed by atoms with Crippen LogP contribution in [0.25, 0.3) is 11.3 Å². The highest BCUT2D eigenvalue weighted by Crippen LogP contribution is 2.24. The molecule has 1 heterocycles. The molecule has 1 N–H and O–H groups in total. The van der Waals surface area contributed by atoms with Gasteiger partial charge in [-0.15, -0.1) is 11.3 Å². The number of nitrogens with zero attached hydrogens (tertiary/aromatic N) is 1. The predicted octanol–water partition coefficient (Wildman–Crippen LogP) is 4.85. The summed E-state index contributed by atoms with van der Waals surface area (Å²) >= 11 is 4.92.